The zero-order chi connectivity index (χ0) is 24.3. The topological polar surface area (TPSA) is 56.4 Å². The molecule has 1 aromatic heterocycles. The first-order chi connectivity index (χ1) is 17.0. The number of aryl methyl sites for hydroxylation is 1. The van der Waals surface area contributed by atoms with E-state index < -0.39 is 5.54 Å². The van der Waals surface area contributed by atoms with Crippen molar-refractivity contribution >= 4 is 40.3 Å². The number of rotatable bonds is 4. The number of hydrogen-bond donors (Lipinski definition) is 1. The van der Waals surface area contributed by atoms with E-state index in [1.807, 2.05) is 55.6 Å². The van der Waals surface area contributed by atoms with Gasteiger partial charge in [0.2, 0.25) is 0 Å². The van der Waals surface area contributed by atoms with Gasteiger partial charge in [-0.1, -0.05) is 49.4 Å². The highest BCUT2D eigenvalue weighted by molar-refractivity contribution is 7.98. The van der Waals surface area contributed by atoms with Gasteiger partial charge in [-0.25, -0.2) is 9.69 Å². The first-order valence-corrected chi connectivity index (χ1v) is 13.2. The number of hydrogen-bond acceptors (Lipinski definition) is 3. The molecule has 3 heterocycles. The Balaban J connectivity index is 1.53. The average molecular weight is 482 g/mol. The minimum absolute atomic E-state index is 0.0318. The van der Waals surface area contributed by atoms with Crippen molar-refractivity contribution in [2.75, 3.05) is 17.7 Å². The molecule has 1 fully saturated rings. The predicted molar refractivity (Wildman–Crippen MR) is 141 cm³/mol. The first kappa shape index (κ1) is 22.0. The normalized spacial score (nSPS) is 21.5. The Bertz CT molecular complexity index is 1460. The van der Waals surface area contributed by atoms with Crippen LogP contribution in [0.1, 0.15) is 42.1 Å². The van der Waals surface area contributed by atoms with Crippen molar-refractivity contribution in [1.29, 1.82) is 0 Å². The SMILES string of the molecule is CCc1ccc(C2CN3C(=O)N(c4ccc(SC)cc4)C(=O)C3(C)c3[nH]c4ccccc4c32)cc1. The molecule has 0 bridgehead atoms. The maximum absolute atomic E-state index is 14.0. The summed E-state index contributed by atoms with van der Waals surface area (Å²) in [5, 5.41) is 1.11. The van der Waals surface area contributed by atoms with Crippen molar-refractivity contribution in [1.82, 2.24) is 9.88 Å². The number of nitrogens with one attached hydrogen (secondary N) is 1. The number of carbonyl (C=O) groups excluding carboxylic acids is 2. The molecule has 0 spiro atoms. The number of anilines is 1. The third-order valence-electron chi connectivity index (χ3n) is 7.65. The Labute approximate surface area is 209 Å². The van der Waals surface area contributed by atoms with Gasteiger partial charge in [0.05, 0.1) is 11.4 Å². The van der Waals surface area contributed by atoms with Crippen LogP contribution in [0.3, 0.4) is 0 Å². The Hall–Kier alpha value is -3.51. The second-order valence-electron chi connectivity index (χ2n) is 9.41. The summed E-state index contributed by atoms with van der Waals surface area (Å²) >= 11 is 1.63. The molecule has 6 rings (SSSR count). The average Bonchev–Trinajstić information content (AvgIpc) is 3.38. The van der Waals surface area contributed by atoms with Gasteiger partial charge in [0.1, 0.15) is 0 Å². The third kappa shape index (κ3) is 3.09. The molecule has 2 aliphatic rings. The molecule has 1 saturated heterocycles. The van der Waals surface area contributed by atoms with E-state index in [9.17, 15) is 9.59 Å². The molecule has 2 unspecified atom stereocenters. The molecular formula is C29H27N3O2S. The lowest BCUT2D eigenvalue weighted by Crippen LogP contribution is -2.50. The zero-order valence-electron chi connectivity index (χ0n) is 20.0. The maximum Gasteiger partial charge on any atom is 0.332 e. The van der Waals surface area contributed by atoms with Gasteiger partial charge in [-0.2, -0.15) is 0 Å². The quantitative estimate of drug-likeness (QED) is 0.276. The summed E-state index contributed by atoms with van der Waals surface area (Å²) < 4.78 is 0. The molecule has 35 heavy (non-hydrogen) atoms. The Kier molecular flexibility index (Phi) is 5.04. The molecule has 176 valence electrons. The second-order valence-corrected chi connectivity index (χ2v) is 10.3. The summed E-state index contributed by atoms with van der Waals surface area (Å²) in [5.41, 5.74) is 4.86. The number of para-hydroxylation sites is 1. The van der Waals surface area contributed by atoms with Crippen LogP contribution >= 0.6 is 11.8 Å². The number of fused-ring (bicyclic) bond motifs is 5. The van der Waals surface area contributed by atoms with Crippen molar-refractivity contribution < 1.29 is 9.59 Å². The van der Waals surface area contributed by atoms with Gasteiger partial charge in [-0.3, -0.25) is 4.79 Å². The number of carbonyl (C=O) groups is 2. The summed E-state index contributed by atoms with van der Waals surface area (Å²) in [6.07, 6.45) is 2.98. The molecule has 5 nitrogen and oxygen atoms in total. The molecule has 0 radical (unpaired) electrons. The van der Waals surface area contributed by atoms with Crippen LogP contribution in [0.15, 0.2) is 77.7 Å². The monoisotopic (exact) mass is 481 g/mol. The summed E-state index contributed by atoms with van der Waals surface area (Å²) in [7, 11) is 0. The van der Waals surface area contributed by atoms with Crippen LogP contribution in [0.25, 0.3) is 10.9 Å². The van der Waals surface area contributed by atoms with E-state index in [0.29, 0.717) is 12.2 Å². The fourth-order valence-electron chi connectivity index (χ4n) is 5.63. The van der Waals surface area contributed by atoms with Crippen LogP contribution in [0.4, 0.5) is 10.5 Å². The number of urea groups is 1. The van der Waals surface area contributed by atoms with E-state index in [4.69, 9.17) is 0 Å². The smallest absolute Gasteiger partial charge is 0.332 e. The lowest BCUT2D eigenvalue weighted by atomic mass is 9.78. The van der Waals surface area contributed by atoms with Crippen LogP contribution < -0.4 is 4.90 Å². The molecule has 2 aliphatic heterocycles. The minimum Gasteiger partial charge on any atom is -0.356 e. The Morgan fingerprint density at radius 1 is 1.00 bits per heavy atom. The summed E-state index contributed by atoms with van der Waals surface area (Å²) in [5.74, 6) is -0.248. The van der Waals surface area contributed by atoms with E-state index >= 15 is 0 Å². The van der Waals surface area contributed by atoms with Crippen molar-refractivity contribution in [3.63, 3.8) is 0 Å². The standard InChI is InChI=1S/C29H27N3O2S/c1-4-18-9-11-19(12-10-18)23-17-31-28(34)32(20-13-15-21(35-3)16-14-20)27(33)29(31,2)26-25(23)22-7-5-6-8-24(22)30-26/h5-16,23,30H,4,17H2,1-3H3. The van der Waals surface area contributed by atoms with E-state index in [2.05, 4.69) is 42.2 Å². The second kappa shape index (κ2) is 8.02. The lowest BCUT2D eigenvalue weighted by molar-refractivity contribution is -0.125. The molecular weight excluding hydrogens is 454 g/mol. The summed E-state index contributed by atoms with van der Waals surface area (Å²) in [6.45, 7) is 4.47. The van der Waals surface area contributed by atoms with Gasteiger partial charge in [-0.15, -0.1) is 11.8 Å². The number of thioether (sulfide) groups is 1. The zero-order valence-corrected chi connectivity index (χ0v) is 20.9. The molecule has 0 saturated carbocycles. The van der Waals surface area contributed by atoms with Crippen LogP contribution in [0.2, 0.25) is 0 Å². The number of H-pyrrole nitrogens is 1. The number of imide groups is 1. The highest BCUT2D eigenvalue weighted by Gasteiger charge is 2.60. The highest BCUT2D eigenvalue weighted by Crippen LogP contribution is 2.50. The molecule has 0 aliphatic carbocycles. The predicted octanol–water partition coefficient (Wildman–Crippen LogP) is 6.28. The van der Waals surface area contributed by atoms with Crippen molar-refractivity contribution in [3.8, 4) is 0 Å². The van der Waals surface area contributed by atoms with Gasteiger partial charge < -0.3 is 9.88 Å². The third-order valence-corrected chi connectivity index (χ3v) is 8.39. The van der Waals surface area contributed by atoms with Gasteiger partial charge in [0, 0.05) is 28.3 Å². The van der Waals surface area contributed by atoms with Crippen LogP contribution in [0, 0.1) is 0 Å². The number of aromatic amines is 1. The lowest BCUT2D eigenvalue weighted by Gasteiger charge is -2.40. The summed E-state index contributed by atoms with van der Waals surface area (Å²) in [6, 6.07) is 24.2. The molecule has 4 aromatic rings. The van der Waals surface area contributed by atoms with Crippen molar-refractivity contribution in [2.24, 2.45) is 0 Å². The van der Waals surface area contributed by atoms with Gasteiger partial charge in [0.15, 0.2) is 5.54 Å². The van der Waals surface area contributed by atoms with E-state index in [-0.39, 0.29) is 17.9 Å². The van der Waals surface area contributed by atoms with Crippen molar-refractivity contribution in [2.45, 2.75) is 36.6 Å². The number of nitrogens with zero attached hydrogens (tertiary/aromatic N) is 2. The first-order valence-electron chi connectivity index (χ1n) is 12.0. The Morgan fingerprint density at radius 3 is 2.40 bits per heavy atom. The van der Waals surface area contributed by atoms with Gasteiger partial charge in [0.25, 0.3) is 5.91 Å². The minimum atomic E-state index is -1.09. The number of benzene rings is 3. The highest BCUT2D eigenvalue weighted by atomic mass is 32.2. The van der Waals surface area contributed by atoms with Crippen LogP contribution in [0.5, 0.6) is 0 Å². The van der Waals surface area contributed by atoms with E-state index in [1.54, 1.807) is 16.7 Å². The summed E-state index contributed by atoms with van der Waals surface area (Å²) in [4.78, 5) is 35.6. The maximum atomic E-state index is 14.0. The molecule has 1 N–H and O–H groups in total. The van der Waals surface area contributed by atoms with Crippen LogP contribution in [-0.4, -0.2) is 34.6 Å². The van der Waals surface area contributed by atoms with Gasteiger partial charge in [-0.05, 0) is 66.6 Å². The fraction of sp³-hybridized carbons (Fsp3) is 0.241. The van der Waals surface area contributed by atoms with Gasteiger partial charge >= 0.3 is 6.03 Å². The molecule has 3 amide bonds. The van der Waals surface area contributed by atoms with E-state index in [1.165, 1.54) is 10.5 Å². The fourth-order valence-corrected chi connectivity index (χ4v) is 6.04. The van der Waals surface area contributed by atoms with E-state index in [0.717, 1.165) is 39.0 Å². The molecule has 2 atom stereocenters. The van der Waals surface area contributed by atoms with Crippen molar-refractivity contribution in [3.05, 3.63) is 95.2 Å². The van der Waals surface area contributed by atoms with Crippen LogP contribution in [-0.2, 0) is 16.8 Å². The Morgan fingerprint density at radius 2 is 1.71 bits per heavy atom. The number of aromatic nitrogens is 1. The molecule has 3 aromatic carbocycles. The molecule has 6 heteroatoms. The number of amides is 3. The largest absolute Gasteiger partial charge is 0.356 e.